The Bertz CT molecular complexity index is 218. The second-order valence-electron chi connectivity index (χ2n) is 4.97. The standard InChI is InChI=1S/C15H30N2O2/c1-3-10-14(18)16-12-8-6-5-7-9-13-17-15(19)11-4-2/h3-13H2,1-2H3,(H,16,18)(H,17,19). The van der Waals surface area contributed by atoms with Crippen molar-refractivity contribution in [3.8, 4) is 0 Å². The van der Waals surface area contributed by atoms with Crippen LogP contribution >= 0.6 is 0 Å². The number of rotatable bonds is 12. The molecule has 0 aromatic rings. The zero-order valence-electron chi connectivity index (χ0n) is 12.6. The van der Waals surface area contributed by atoms with E-state index in [0.29, 0.717) is 12.8 Å². The quantitative estimate of drug-likeness (QED) is 0.536. The highest BCUT2D eigenvalue weighted by atomic mass is 16.2. The molecule has 2 amide bonds. The largest absolute Gasteiger partial charge is 0.356 e. The Labute approximate surface area is 117 Å². The van der Waals surface area contributed by atoms with E-state index < -0.39 is 0 Å². The van der Waals surface area contributed by atoms with Crippen LogP contribution in [-0.4, -0.2) is 24.9 Å². The van der Waals surface area contributed by atoms with Crippen LogP contribution in [0.4, 0.5) is 0 Å². The summed E-state index contributed by atoms with van der Waals surface area (Å²) in [6.07, 6.45) is 8.67. The van der Waals surface area contributed by atoms with Gasteiger partial charge in [-0.3, -0.25) is 9.59 Å². The number of unbranched alkanes of at least 4 members (excludes halogenated alkanes) is 4. The Kier molecular flexibility index (Phi) is 12.6. The molecule has 0 radical (unpaired) electrons. The minimum Gasteiger partial charge on any atom is -0.356 e. The van der Waals surface area contributed by atoms with Crippen molar-refractivity contribution >= 4 is 11.8 Å². The predicted molar refractivity (Wildman–Crippen MR) is 78.9 cm³/mol. The summed E-state index contributed by atoms with van der Waals surface area (Å²) in [6, 6.07) is 0. The van der Waals surface area contributed by atoms with E-state index in [1.165, 1.54) is 6.42 Å². The maximum absolute atomic E-state index is 11.2. The van der Waals surface area contributed by atoms with Gasteiger partial charge in [0, 0.05) is 25.9 Å². The van der Waals surface area contributed by atoms with Crippen LogP contribution in [0.25, 0.3) is 0 Å². The minimum absolute atomic E-state index is 0.168. The molecule has 0 heterocycles. The third-order valence-electron chi connectivity index (χ3n) is 2.95. The van der Waals surface area contributed by atoms with Gasteiger partial charge in [0.05, 0.1) is 0 Å². The minimum atomic E-state index is 0.168. The summed E-state index contributed by atoms with van der Waals surface area (Å²) in [4.78, 5) is 22.4. The highest BCUT2D eigenvalue weighted by molar-refractivity contribution is 5.76. The van der Waals surface area contributed by atoms with Crippen LogP contribution in [0.1, 0.15) is 71.6 Å². The molecule has 4 nitrogen and oxygen atoms in total. The number of hydrogen-bond acceptors (Lipinski definition) is 2. The fraction of sp³-hybridized carbons (Fsp3) is 0.867. The van der Waals surface area contributed by atoms with Crippen molar-refractivity contribution in [1.29, 1.82) is 0 Å². The van der Waals surface area contributed by atoms with E-state index in [2.05, 4.69) is 10.6 Å². The monoisotopic (exact) mass is 270 g/mol. The van der Waals surface area contributed by atoms with E-state index in [4.69, 9.17) is 0 Å². The number of carbonyl (C=O) groups is 2. The van der Waals surface area contributed by atoms with Crippen molar-refractivity contribution in [3.05, 3.63) is 0 Å². The average molecular weight is 270 g/mol. The predicted octanol–water partition coefficient (Wildman–Crippen LogP) is 2.77. The molecule has 4 heteroatoms. The number of nitrogens with one attached hydrogen (secondary N) is 2. The maximum Gasteiger partial charge on any atom is 0.219 e. The van der Waals surface area contributed by atoms with Gasteiger partial charge in [-0.2, -0.15) is 0 Å². The lowest BCUT2D eigenvalue weighted by Gasteiger charge is -2.05. The number of carbonyl (C=O) groups excluding carboxylic acids is 2. The summed E-state index contributed by atoms with van der Waals surface area (Å²) < 4.78 is 0. The van der Waals surface area contributed by atoms with E-state index in [0.717, 1.165) is 51.6 Å². The summed E-state index contributed by atoms with van der Waals surface area (Å²) in [7, 11) is 0. The summed E-state index contributed by atoms with van der Waals surface area (Å²) in [5.74, 6) is 0.335. The normalized spacial score (nSPS) is 10.2. The molecule has 0 aliphatic rings. The summed E-state index contributed by atoms with van der Waals surface area (Å²) in [6.45, 7) is 5.62. The molecule has 0 aromatic heterocycles. The van der Waals surface area contributed by atoms with Gasteiger partial charge in [-0.05, 0) is 25.7 Å². The van der Waals surface area contributed by atoms with E-state index in [1.807, 2.05) is 13.8 Å². The first kappa shape index (κ1) is 17.9. The fourth-order valence-corrected chi connectivity index (χ4v) is 1.87. The smallest absolute Gasteiger partial charge is 0.219 e. The van der Waals surface area contributed by atoms with Crippen molar-refractivity contribution in [2.45, 2.75) is 71.6 Å². The van der Waals surface area contributed by atoms with Crippen LogP contribution in [0.5, 0.6) is 0 Å². The van der Waals surface area contributed by atoms with Gasteiger partial charge in [0.2, 0.25) is 11.8 Å². The summed E-state index contributed by atoms with van der Waals surface area (Å²) in [5, 5.41) is 5.84. The Morgan fingerprint density at radius 2 is 1.05 bits per heavy atom. The SMILES string of the molecule is CCCC(=O)NCCCCCCCNC(=O)CCC. The molecule has 0 atom stereocenters. The highest BCUT2D eigenvalue weighted by Gasteiger charge is 1.99. The molecule has 0 bridgehead atoms. The Hall–Kier alpha value is -1.06. The van der Waals surface area contributed by atoms with E-state index in [1.54, 1.807) is 0 Å². The Morgan fingerprint density at radius 3 is 1.42 bits per heavy atom. The van der Waals surface area contributed by atoms with E-state index in [9.17, 15) is 9.59 Å². The molecule has 0 aliphatic heterocycles. The van der Waals surface area contributed by atoms with Crippen LogP contribution in [0.3, 0.4) is 0 Å². The lowest BCUT2D eigenvalue weighted by Crippen LogP contribution is -2.24. The lowest BCUT2D eigenvalue weighted by molar-refractivity contribution is -0.121. The maximum atomic E-state index is 11.2. The van der Waals surface area contributed by atoms with Crippen LogP contribution in [0.15, 0.2) is 0 Å². The highest BCUT2D eigenvalue weighted by Crippen LogP contribution is 2.02. The number of amides is 2. The van der Waals surface area contributed by atoms with Crippen molar-refractivity contribution < 1.29 is 9.59 Å². The van der Waals surface area contributed by atoms with Crippen molar-refractivity contribution in [2.24, 2.45) is 0 Å². The molecule has 0 aromatic carbocycles. The second kappa shape index (κ2) is 13.4. The van der Waals surface area contributed by atoms with Crippen molar-refractivity contribution in [3.63, 3.8) is 0 Å². The molecule has 2 N–H and O–H groups in total. The van der Waals surface area contributed by atoms with Gasteiger partial charge in [0.25, 0.3) is 0 Å². The van der Waals surface area contributed by atoms with Crippen molar-refractivity contribution in [1.82, 2.24) is 10.6 Å². The molecule has 0 rings (SSSR count). The zero-order valence-corrected chi connectivity index (χ0v) is 12.6. The van der Waals surface area contributed by atoms with Crippen LogP contribution in [0.2, 0.25) is 0 Å². The topological polar surface area (TPSA) is 58.2 Å². The third kappa shape index (κ3) is 13.2. The number of hydrogen-bond donors (Lipinski definition) is 2. The van der Waals surface area contributed by atoms with Gasteiger partial charge >= 0.3 is 0 Å². The first-order valence-electron chi connectivity index (χ1n) is 7.74. The Balaban J connectivity index is 3.15. The van der Waals surface area contributed by atoms with E-state index >= 15 is 0 Å². The molecular formula is C15H30N2O2. The van der Waals surface area contributed by atoms with Gasteiger partial charge in [-0.15, -0.1) is 0 Å². The molecular weight excluding hydrogens is 240 g/mol. The molecule has 112 valence electrons. The molecule has 0 aliphatic carbocycles. The first-order chi connectivity index (χ1) is 9.20. The molecule has 0 fully saturated rings. The van der Waals surface area contributed by atoms with Crippen LogP contribution in [0, 0.1) is 0 Å². The van der Waals surface area contributed by atoms with Crippen LogP contribution in [-0.2, 0) is 9.59 Å². The van der Waals surface area contributed by atoms with Gasteiger partial charge in [-0.25, -0.2) is 0 Å². The van der Waals surface area contributed by atoms with Gasteiger partial charge < -0.3 is 10.6 Å². The Morgan fingerprint density at radius 1 is 0.684 bits per heavy atom. The lowest BCUT2D eigenvalue weighted by atomic mass is 10.1. The van der Waals surface area contributed by atoms with Gasteiger partial charge in [0.1, 0.15) is 0 Å². The molecule has 0 saturated carbocycles. The first-order valence-corrected chi connectivity index (χ1v) is 7.74. The van der Waals surface area contributed by atoms with Gasteiger partial charge in [0.15, 0.2) is 0 Å². The van der Waals surface area contributed by atoms with Crippen LogP contribution < -0.4 is 10.6 Å². The summed E-state index contributed by atoms with van der Waals surface area (Å²) >= 11 is 0. The molecule has 0 spiro atoms. The van der Waals surface area contributed by atoms with Crippen molar-refractivity contribution in [2.75, 3.05) is 13.1 Å². The third-order valence-corrected chi connectivity index (χ3v) is 2.95. The molecule has 0 unspecified atom stereocenters. The molecule has 0 saturated heterocycles. The summed E-state index contributed by atoms with van der Waals surface area (Å²) in [5.41, 5.74) is 0. The van der Waals surface area contributed by atoms with E-state index in [-0.39, 0.29) is 11.8 Å². The fourth-order valence-electron chi connectivity index (χ4n) is 1.87. The average Bonchev–Trinajstić information content (AvgIpc) is 2.37. The second-order valence-corrected chi connectivity index (χ2v) is 4.97. The molecule has 19 heavy (non-hydrogen) atoms. The zero-order chi connectivity index (χ0) is 14.3. The van der Waals surface area contributed by atoms with Gasteiger partial charge in [-0.1, -0.05) is 33.1 Å².